The minimum atomic E-state index is -0.509. The Morgan fingerprint density at radius 2 is 1.82 bits per heavy atom. The highest BCUT2D eigenvalue weighted by atomic mass is 79.9. The standard InChI is InChI=1S/C20H27BrN4O3/c1-12-10-24(11-13(2)25(12)19(26)28-20(3,4)5)16-8-7-15(21)18-14(16)9-17(27-6)22-23-18/h7-9,12-13H,10-11H2,1-6H3/t12-,13?/m0/s1. The van der Waals surface area contributed by atoms with E-state index in [-0.39, 0.29) is 18.2 Å². The molecule has 1 saturated heterocycles. The Hall–Kier alpha value is -2.09. The van der Waals surface area contributed by atoms with E-state index in [2.05, 4.69) is 37.1 Å². The molecule has 1 aromatic carbocycles. The number of fused-ring (bicyclic) bond motifs is 1. The van der Waals surface area contributed by atoms with E-state index in [1.807, 2.05) is 51.7 Å². The van der Waals surface area contributed by atoms with Gasteiger partial charge in [-0.3, -0.25) is 4.90 Å². The lowest BCUT2D eigenvalue weighted by Crippen LogP contribution is -2.59. The molecule has 1 unspecified atom stereocenters. The third kappa shape index (κ3) is 4.16. The van der Waals surface area contributed by atoms with Crippen LogP contribution < -0.4 is 9.64 Å². The number of hydrogen-bond donors (Lipinski definition) is 0. The Morgan fingerprint density at radius 1 is 1.18 bits per heavy atom. The first kappa shape index (κ1) is 20.6. The number of methoxy groups -OCH3 is 1. The molecular formula is C20H27BrN4O3. The summed E-state index contributed by atoms with van der Waals surface area (Å²) in [5.74, 6) is 0.473. The molecule has 2 heterocycles. The lowest BCUT2D eigenvalue weighted by Gasteiger charge is -2.45. The summed E-state index contributed by atoms with van der Waals surface area (Å²) < 4.78 is 11.8. The maximum Gasteiger partial charge on any atom is 0.410 e. The Kier molecular flexibility index (Phi) is 5.70. The van der Waals surface area contributed by atoms with Crippen molar-refractivity contribution >= 4 is 38.6 Å². The van der Waals surface area contributed by atoms with Crippen molar-refractivity contribution in [2.45, 2.75) is 52.3 Å². The van der Waals surface area contributed by atoms with Gasteiger partial charge in [0, 0.05) is 34.7 Å². The first-order valence-corrected chi connectivity index (χ1v) is 10.2. The number of nitrogens with zero attached hydrogens (tertiary/aromatic N) is 4. The number of piperazine rings is 1. The number of benzene rings is 1. The van der Waals surface area contributed by atoms with Crippen LogP contribution >= 0.6 is 15.9 Å². The van der Waals surface area contributed by atoms with E-state index in [0.29, 0.717) is 19.0 Å². The molecule has 0 radical (unpaired) electrons. The zero-order valence-electron chi connectivity index (χ0n) is 17.2. The summed E-state index contributed by atoms with van der Waals surface area (Å²) in [4.78, 5) is 16.8. The average Bonchev–Trinajstić information content (AvgIpc) is 2.59. The molecule has 2 atom stereocenters. The summed E-state index contributed by atoms with van der Waals surface area (Å²) in [6, 6.07) is 5.96. The second kappa shape index (κ2) is 7.73. The lowest BCUT2D eigenvalue weighted by molar-refractivity contribution is 0.00568. The molecule has 1 aromatic heterocycles. The highest BCUT2D eigenvalue weighted by molar-refractivity contribution is 9.10. The fraction of sp³-hybridized carbons (Fsp3) is 0.550. The van der Waals surface area contributed by atoms with E-state index in [0.717, 1.165) is 21.1 Å². The second-order valence-electron chi connectivity index (χ2n) is 8.21. The molecule has 8 heteroatoms. The number of aromatic nitrogens is 2. The van der Waals surface area contributed by atoms with E-state index in [9.17, 15) is 4.79 Å². The fourth-order valence-electron chi connectivity index (χ4n) is 3.64. The van der Waals surface area contributed by atoms with Crippen molar-refractivity contribution in [1.29, 1.82) is 0 Å². The van der Waals surface area contributed by atoms with Gasteiger partial charge in [0.2, 0.25) is 5.88 Å². The van der Waals surface area contributed by atoms with Gasteiger partial charge < -0.3 is 14.4 Å². The summed E-state index contributed by atoms with van der Waals surface area (Å²) >= 11 is 3.55. The molecule has 3 rings (SSSR count). The van der Waals surface area contributed by atoms with Crippen molar-refractivity contribution in [2.24, 2.45) is 0 Å². The maximum absolute atomic E-state index is 12.7. The summed E-state index contributed by atoms with van der Waals surface area (Å²) in [6.45, 7) is 11.2. The minimum absolute atomic E-state index is 0.00832. The van der Waals surface area contributed by atoms with Crippen LogP contribution in [0.5, 0.6) is 5.88 Å². The van der Waals surface area contributed by atoms with Gasteiger partial charge in [0.1, 0.15) is 11.1 Å². The van der Waals surface area contributed by atoms with Gasteiger partial charge in [0.25, 0.3) is 0 Å². The van der Waals surface area contributed by atoms with Crippen molar-refractivity contribution in [3.8, 4) is 5.88 Å². The highest BCUT2D eigenvalue weighted by Gasteiger charge is 2.36. The van der Waals surface area contributed by atoms with Crippen molar-refractivity contribution < 1.29 is 14.3 Å². The fourth-order valence-corrected chi connectivity index (χ4v) is 4.06. The quantitative estimate of drug-likeness (QED) is 0.681. The molecule has 1 amide bonds. The van der Waals surface area contributed by atoms with Crippen molar-refractivity contribution in [2.75, 3.05) is 25.1 Å². The van der Waals surface area contributed by atoms with Crippen LogP contribution in [-0.4, -0.2) is 59.1 Å². The predicted octanol–water partition coefficient (Wildman–Crippen LogP) is 4.24. The number of anilines is 1. The molecule has 1 aliphatic heterocycles. The van der Waals surface area contributed by atoms with Crippen LogP contribution in [0.1, 0.15) is 34.6 Å². The smallest absolute Gasteiger partial charge is 0.410 e. The van der Waals surface area contributed by atoms with Crippen LogP contribution in [0.3, 0.4) is 0 Å². The third-order valence-corrected chi connectivity index (χ3v) is 5.37. The largest absolute Gasteiger partial charge is 0.480 e. The van der Waals surface area contributed by atoms with Gasteiger partial charge in [-0.05, 0) is 62.7 Å². The molecule has 0 saturated carbocycles. The minimum Gasteiger partial charge on any atom is -0.480 e. The number of carbonyl (C=O) groups is 1. The Labute approximate surface area is 174 Å². The van der Waals surface area contributed by atoms with Gasteiger partial charge >= 0.3 is 6.09 Å². The van der Waals surface area contributed by atoms with Crippen LogP contribution in [-0.2, 0) is 4.74 Å². The van der Waals surface area contributed by atoms with E-state index in [1.165, 1.54) is 0 Å². The zero-order valence-corrected chi connectivity index (χ0v) is 18.8. The van der Waals surface area contributed by atoms with Gasteiger partial charge in [-0.2, -0.15) is 0 Å². The van der Waals surface area contributed by atoms with Gasteiger partial charge in [0.05, 0.1) is 19.2 Å². The number of rotatable bonds is 2. The normalized spacial score (nSPS) is 20.4. The second-order valence-corrected chi connectivity index (χ2v) is 9.06. The molecule has 7 nitrogen and oxygen atoms in total. The number of ether oxygens (including phenoxy) is 2. The van der Waals surface area contributed by atoms with Crippen LogP contribution in [0.4, 0.5) is 10.5 Å². The molecule has 0 bridgehead atoms. The van der Waals surface area contributed by atoms with Crippen molar-refractivity contribution in [3.05, 3.63) is 22.7 Å². The van der Waals surface area contributed by atoms with Crippen molar-refractivity contribution in [1.82, 2.24) is 15.1 Å². The van der Waals surface area contributed by atoms with E-state index >= 15 is 0 Å². The summed E-state index contributed by atoms with van der Waals surface area (Å²) in [5.41, 5.74) is 1.33. The molecule has 0 aliphatic carbocycles. The molecular weight excluding hydrogens is 424 g/mol. The molecule has 0 spiro atoms. The molecule has 1 fully saturated rings. The highest BCUT2D eigenvalue weighted by Crippen LogP contribution is 2.34. The molecule has 2 aromatic rings. The van der Waals surface area contributed by atoms with Crippen molar-refractivity contribution in [3.63, 3.8) is 0 Å². The molecule has 28 heavy (non-hydrogen) atoms. The first-order chi connectivity index (χ1) is 13.1. The molecule has 0 N–H and O–H groups in total. The van der Waals surface area contributed by atoms with Gasteiger partial charge in [-0.25, -0.2) is 4.79 Å². The van der Waals surface area contributed by atoms with Gasteiger partial charge in [0.15, 0.2) is 0 Å². The van der Waals surface area contributed by atoms with E-state index in [4.69, 9.17) is 9.47 Å². The monoisotopic (exact) mass is 450 g/mol. The zero-order chi connectivity index (χ0) is 20.6. The predicted molar refractivity (Wildman–Crippen MR) is 113 cm³/mol. The third-order valence-electron chi connectivity index (χ3n) is 4.73. The summed E-state index contributed by atoms with van der Waals surface area (Å²) in [5, 5.41) is 9.34. The summed E-state index contributed by atoms with van der Waals surface area (Å²) in [6.07, 6.45) is -0.264. The Bertz CT molecular complexity index is 872. The van der Waals surface area contributed by atoms with Gasteiger partial charge in [-0.15, -0.1) is 10.2 Å². The number of halogens is 1. The Morgan fingerprint density at radius 3 is 2.39 bits per heavy atom. The van der Waals surface area contributed by atoms with Crippen LogP contribution in [0.2, 0.25) is 0 Å². The average molecular weight is 451 g/mol. The van der Waals surface area contributed by atoms with Gasteiger partial charge in [-0.1, -0.05) is 0 Å². The summed E-state index contributed by atoms with van der Waals surface area (Å²) in [7, 11) is 1.58. The first-order valence-electron chi connectivity index (χ1n) is 9.37. The SMILES string of the molecule is COc1cc2c(N3CC(C)N(C(=O)OC(C)(C)C)[C@@H](C)C3)ccc(Br)c2nn1. The van der Waals surface area contributed by atoms with E-state index in [1.54, 1.807) is 7.11 Å². The number of carbonyl (C=O) groups excluding carboxylic acids is 1. The van der Waals surface area contributed by atoms with E-state index < -0.39 is 5.60 Å². The Balaban J connectivity index is 1.91. The van der Waals surface area contributed by atoms with Crippen LogP contribution in [0.15, 0.2) is 22.7 Å². The number of amides is 1. The maximum atomic E-state index is 12.7. The molecule has 1 aliphatic rings. The molecule has 152 valence electrons. The number of hydrogen-bond acceptors (Lipinski definition) is 6. The van der Waals surface area contributed by atoms with Crippen LogP contribution in [0, 0.1) is 0 Å². The van der Waals surface area contributed by atoms with Crippen LogP contribution in [0.25, 0.3) is 10.9 Å². The topological polar surface area (TPSA) is 67.8 Å². The lowest BCUT2D eigenvalue weighted by atomic mass is 10.1.